The number of ketones is 1. The van der Waals surface area contributed by atoms with Gasteiger partial charge in [0.15, 0.2) is 22.2 Å². The maximum Gasteiger partial charge on any atom is 0.261 e. The van der Waals surface area contributed by atoms with Crippen LogP contribution in [0.5, 0.6) is 5.75 Å². The molecule has 0 bridgehead atoms. The minimum Gasteiger partial charge on any atom is -0.484 e. The van der Waals surface area contributed by atoms with Crippen LogP contribution in [-0.4, -0.2) is 49.2 Å². The number of ether oxygens (including phenoxy) is 1. The average molecular weight is 498 g/mol. The van der Waals surface area contributed by atoms with E-state index >= 15 is 0 Å². The summed E-state index contributed by atoms with van der Waals surface area (Å²) in [5.41, 5.74) is 1.93. The van der Waals surface area contributed by atoms with Gasteiger partial charge in [-0.05, 0) is 60.5 Å². The smallest absolute Gasteiger partial charge is 0.261 e. The first-order chi connectivity index (χ1) is 16.3. The molecule has 8 heteroatoms. The Kier molecular flexibility index (Phi) is 7.34. The lowest BCUT2D eigenvalue weighted by Gasteiger charge is -2.28. The number of sulfone groups is 1. The third-order valence-electron chi connectivity index (χ3n) is 5.75. The van der Waals surface area contributed by atoms with Crippen LogP contribution in [0.15, 0.2) is 78.9 Å². The molecule has 1 atom stereocenters. The van der Waals surface area contributed by atoms with Crippen molar-refractivity contribution in [2.24, 2.45) is 0 Å². The number of rotatable bonds is 8. The van der Waals surface area contributed by atoms with Gasteiger partial charge in [0, 0.05) is 28.7 Å². The summed E-state index contributed by atoms with van der Waals surface area (Å²) in [5, 5.41) is 0.557. The molecule has 0 spiro atoms. The van der Waals surface area contributed by atoms with Gasteiger partial charge in [-0.1, -0.05) is 41.9 Å². The van der Waals surface area contributed by atoms with Crippen LogP contribution in [-0.2, 0) is 21.2 Å². The molecule has 3 aromatic carbocycles. The van der Waals surface area contributed by atoms with Crippen molar-refractivity contribution in [3.8, 4) is 5.75 Å². The molecule has 1 heterocycles. The Morgan fingerprint density at radius 2 is 1.53 bits per heavy atom. The van der Waals surface area contributed by atoms with Gasteiger partial charge in [0.25, 0.3) is 5.91 Å². The van der Waals surface area contributed by atoms with Crippen molar-refractivity contribution < 1.29 is 22.7 Å². The van der Waals surface area contributed by atoms with E-state index in [9.17, 15) is 18.0 Å². The normalized spacial score (nSPS) is 16.7. The molecular formula is C26H24ClNO5S. The second-order valence-electron chi connectivity index (χ2n) is 8.21. The summed E-state index contributed by atoms with van der Waals surface area (Å²) in [6, 6.07) is 22.3. The fourth-order valence-corrected chi connectivity index (χ4v) is 5.78. The van der Waals surface area contributed by atoms with Crippen molar-refractivity contribution in [1.29, 1.82) is 0 Å². The number of hydrogen-bond acceptors (Lipinski definition) is 5. The van der Waals surface area contributed by atoms with Gasteiger partial charge in [-0.2, -0.15) is 0 Å². The molecule has 0 radical (unpaired) electrons. The van der Waals surface area contributed by atoms with Crippen molar-refractivity contribution in [1.82, 2.24) is 4.90 Å². The van der Waals surface area contributed by atoms with Crippen molar-refractivity contribution in [3.05, 3.63) is 101 Å². The number of carbonyl (C=O) groups excluding carboxylic acids is 2. The molecule has 6 nitrogen and oxygen atoms in total. The molecule has 0 N–H and O–H groups in total. The minimum absolute atomic E-state index is 0.0346. The summed E-state index contributed by atoms with van der Waals surface area (Å²) in [6.07, 6.45) is 0.419. The number of nitrogens with zero attached hydrogens (tertiary/aromatic N) is 1. The third-order valence-corrected chi connectivity index (χ3v) is 7.75. The largest absolute Gasteiger partial charge is 0.484 e. The molecule has 1 saturated heterocycles. The van der Waals surface area contributed by atoms with Crippen molar-refractivity contribution in [3.63, 3.8) is 0 Å². The molecule has 1 fully saturated rings. The monoisotopic (exact) mass is 497 g/mol. The van der Waals surface area contributed by atoms with Crippen LogP contribution >= 0.6 is 11.6 Å². The van der Waals surface area contributed by atoms with Crippen LogP contribution in [0.3, 0.4) is 0 Å². The number of carbonyl (C=O) groups is 2. The zero-order valence-electron chi connectivity index (χ0n) is 18.4. The average Bonchev–Trinajstić information content (AvgIpc) is 3.21. The Morgan fingerprint density at radius 3 is 2.12 bits per heavy atom. The molecule has 34 heavy (non-hydrogen) atoms. The first-order valence-electron chi connectivity index (χ1n) is 10.9. The molecule has 1 aliphatic heterocycles. The van der Waals surface area contributed by atoms with E-state index in [0.29, 0.717) is 34.9 Å². The minimum atomic E-state index is -3.15. The van der Waals surface area contributed by atoms with Crippen molar-refractivity contribution in [2.75, 3.05) is 18.1 Å². The Morgan fingerprint density at radius 1 is 0.912 bits per heavy atom. The summed E-state index contributed by atoms with van der Waals surface area (Å²) in [7, 11) is -3.15. The van der Waals surface area contributed by atoms with Gasteiger partial charge >= 0.3 is 0 Å². The van der Waals surface area contributed by atoms with E-state index < -0.39 is 9.84 Å². The second-order valence-corrected chi connectivity index (χ2v) is 10.9. The van der Waals surface area contributed by atoms with Gasteiger partial charge in [0.2, 0.25) is 0 Å². The molecule has 1 aliphatic rings. The zero-order chi connectivity index (χ0) is 24.1. The van der Waals surface area contributed by atoms with Crippen LogP contribution < -0.4 is 4.74 Å². The van der Waals surface area contributed by atoms with Gasteiger partial charge in [0.1, 0.15) is 5.75 Å². The molecule has 4 rings (SSSR count). The van der Waals surface area contributed by atoms with Crippen LogP contribution in [0.25, 0.3) is 0 Å². The quantitative estimate of drug-likeness (QED) is 0.436. The Balaban J connectivity index is 1.41. The maximum absolute atomic E-state index is 13.0. The topological polar surface area (TPSA) is 80.8 Å². The SMILES string of the molecule is O=C(c1ccc(Cl)cc1)c1ccc(OCC(=O)N(Cc2ccccc2)[C@H]2CCS(=O)(=O)C2)cc1. The summed E-state index contributed by atoms with van der Waals surface area (Å²) in [4.78, 5) is 27.2. The van der Waals surface area contributed by atoms with Gasteiger partial charge in [-0.25, -0.2) is 8.42 Å². The molecule has 3 aromatic rings. The van der Waals surface area contributed by atoms with E-state index in [1.165, 1.54) is 0 Å². The van der Waals surface area contributed by atoms with E-state index in [2.05, 4.69) is 0 Å². The number of hydrogen-bond donors (Lipinski definition) is 0. The summed E-state index contributed by atoms with van der Waals surface area (Å²) >= 11 is 5.88. The van der Waals surface area contributed by atoms with Crippen LogP contribution in [0.2, 0.25) is 5.02 Å². The highest BCUT2D eigenvalue weighted by Crippen LogP contribution is 2.22. The summed E-state index contributed by atoms with van der Waals surface area (Å²) < 4.78 is 29.7. The maximum atomic E-state index is 13.0. The molecule has 0 aliphatic carbocycles. The van der Waals surface area contributed by atoms with Crippen LogP contribution in [0.1, 0.15) is 27.9 Å². The molecule has 0 unspecified atom stereocenters. The Labute approximate surface area is 204 Å². The fourth-order valence-electron chi connectivity index (χ4n) is 3.92. The molecule has 0 saturated carbocycles. The number of benzene rings is 3. The summed E-state index contributed by atoms with van der Waals surface area (Å²) in [6.45, 7) is 0.0889. The first-order valence-corrected chi connectivity index (χ1v) is 13.1. The highest BCUT2D eigenvalue weighted by atomic mass is 35.5. The van der Waals surface area contributed by atoms with Gasteiger partial charge in [-0.15, -0.1) is 0 Å². The Bertz CT molecular complexity index is 1260. The van der Waals surface area contributed by atoms with E-state index in [1.807, 2.05) is 30.3 Å². The van der Waals surface area contributed by atoms with Crippen molar-refractivity contribution >= 4 is 33.1 Å². The number of halogens is 1. The molecule has 0 aromatic heterocycles. The van der Waals surface area contributed by atoms with Crippen LogP contribution in [0, 0.1) is 0 Å². The predicted octanol–water partition coefficient (Wildman–Crippen LogP) is 4.17. The van der Waals surface area contributed by atoms with E-state index in [-0.39, 0.29) is 35.8 Å². The van der Waals surface area contributed by atoms with Crippen molar-refractivity contribution in [2.45, 2.75) is 19.0 Å². The Hall–Kier alpha value is -3.16. The molecular weight excluding hydrogens is 474 g/mol. The third kappa shape index (κ3) is 6.04. The molecule has 176 valence electrons. The lowest BCUT2D eigenvalue weighted by Crippen LogP contribution is -2.43. The van der Waals surface area contributed by atoms with Gasteiger partial charge in [-0.3, -0.25) is 9.59 Å². The first kappa shape index (κ1) is 24.0. The highest BCUT2D eigenvalue weighted by molar-refractivity contribution is 7.91. The lowest BCUT2D eigenvalue weighted by molar-refractivity contribution is -0.136. The molecule has 1 amide bonds. The van der Waals surface area contributed by atoms with Crippen LogP contribution in [0.4, 0.5) is 0 Å². The lowest BCUT2D eigenvalue weighted by atomic mass is 10.0. The van der Waals surface area contributed by atoms with E-state index in [0.717, 1.165) is 5.56 Å². The highest BCUT2D eigenvalue weighted by Gasteiger charge is 2.34. The van der Waals surface area contributed by atoms with E-state index in [4.69, 9.17) is 16.3 Å². The van der Waals surface area contributed by atoms with Gasteiger partial charge in [0.05, 0.1) is 11.5 Å². The fraction of sp³-hybridized carbons (Fsp3) is 0.231. The summed E-state index contributed by atoms with van der Waals surface area (Å²) in [5.74, 6) is 0.0653. The van der Waals surface area contributed by atoms with Gasteiger partial charge < -0.3 is 9.64 Å². The standard InChI is InChI=1S/C26H24ClNO5S/c27-22-10-6-20(7-11-22)26(30)21-8-12-24(13-9-21)33-17-25(29)28(16-19-4-2-1-3-5-19)23-14-15-34(31,32)18-23/h1-13,23H,14-18H2/t23-/m0/s1. The van der Waals surface area contributed by atoms with E-state index in [1.54, 1.807) is 53.4 Å². The zero-order valence-corrected chi connectivity index (χ0v) is 20.0. The number of amides is 1. The second kappa shape index (κ2) is 10.4. The predicted molar refractivity (Wildman–Crippen MR) is 131 cm³/mol.